The van der Waals surface area contributed by atoms with Crippen LogP contribution in [0.5, 0.6) is 0 Å². The van der Waals surface area contributed by atoms with Crippen molar-refractivity contribution in [2.45, 2.75) is 12.8 Å². The standard InChI is InChI=1S/C12H12N2O2/c1-2-3-8-11(15)14-10-7-5-4-6-9(10)12(13)16/h1,4-7H,3,8H2,(H2,13,16)(H,14,15). The number of rotatable bonds is 4. The van der Waals surface area contributed by atoms with Crippen LogP contribution in [-0.4, -0.2) is 11.8 Å². The van der Waals surface area contributed by atoms with Crippen molar-refractivity contribution in [3.05, 3.63) is 29.8 Å². The summed E-state index contributed by atoms with van der Waals surface area (Å²) in [6.45, 7) is 0. The summed E-state index contributed by atoms with van der Waals surface area (Å²) in [6, 6.07) is 6.56. The highest BCUT2D eigenvalue weighted by atomic mass is 16.2. The van der Waals surface area contributed by atoms with Gasteiger partial charge in [-0.15, -0.1) is 12.3 Å². The first kappa shape index (κ1) is 11.8. The quantitative estimate of drug-likeness (QED) is 0.741. The molecule has 1 aromatic carbocycles. The van der Waals surface area contributed by atoms with E-state index in [4.69, 9.17) is 12.2 Å². The topological polar surface area (TPSA) is 72.2 Å². The highest BCUT2D eigenvalue weighted by Crippen LogP contribution is 2.14. The summed E-state index contributed by atoms with van der Waals surface area (Å²) < 4.78 is 0. The fraction of sp³-hybridized carbons (Fsp3) is 0.167. The van der Waals surface area contributed by atoms with E-state index in [2.05, 4.69) is 11.2 Å². The molecular formula is C12H12N2O2. The first-order valence-electron chi connectivity index (χ1n) is 4.77. The zero-order valence-electron chi connectivity index (χ0n) is 8.69. The van der Waals surface area contributed by atoms with Crippen molar-refractivity contribution in [1.29, 1.82) is 0 Å². The molecule has 1 rings (SSSR count). The van der Waals surface area contributed by atoms with Crippen LogP contribution in [0, 0.1) is 12.3 Å². The van der Waals surface area contributed by atoms with Gasteiger partial charge in [-0.05, 0) is 12.1 Å². The van der Waals surface area contributed by atoms with Crippen LogP contribution in [0.3, 0.4) is 0 Å². The molecule has 0 fully saturated rings. The molecule has 1 aromatic rings. The number of nitrogens with one attached hydrogen (secondary N) is 1. The number of anilines is 1. The fourth-order valence-electron chi connectivity index (χ4n) is 1.21. The Balaban J connectivity index is 2.77. The first-order chi connectivity index (χ1) is 7.65. The van der Waals surface area contributed by atoms with Gasteiger partial charge in [0.05, 0.1) is 11.3 Å². The molecule has 0 aliphatic carbocycles. The second-order valence-electron chi connectivity index (χ2n) is 3.16. The van der Waals surface area contributed by atoms with E-state index in [0.29, 0.717) is 12.1 Å². The first-order valence-corrected chi connectivity index (χ1v) is 4.77. The van der Waals surface area contributed by atoms with E-state index in [1.165, 1.54) is 0 Å². The molecule has 4 nitrogen and oxygen atoms in total. The molecule has 0 aliphatic rings. The van der Waals surface area contributed by atoms with Gasteiger partial charge >= 0.3 is 0 Å². The summed E-state index contributed by atoms with van der Waals surface area (Å²) in [5, 5.41) is 2.59. The second-order valence-corrected chi connectivity index (χ2v) is 3.16. The third kappa shape index (κ3) is 3.14. The summed E-state index contributed by atoms with van der Waals surface area (Å²) in [6.07, 6.45) is 5.64. The van der Waals surface area contributed by atoms with Crippen molar-refractivity contribution >= 4 is 17.5 Å². The van der Waals surface area contributed by atoms with Crippen molar-refractivity contribution in [1.82, 2.24) is 0 Å². The largest absolute Gasteiger partial charge is 0.366 e. The predicted octanol–water partition coefficient (Wildman–Crippen LogP) is 1.14. The highest BCUT2D eigenvalue weighted by Gasteiger charge is 2.09. The molecule has 0 spiro atoms. The van der Waals surface area contributed by atoms with Crippen LogP contribution in [0.4, 0.5) is 5.69 Å². The smallest absolute Gasteiger partial charge is 0.250 e. The highest BCUT2D eigenvalue weighted by molar-refractivity contribution is 6.02. The Bertz CT molecular complexity index is 447. The predicted molar refractivity (Wildman–Crippen MR) is 61.7 cm³/mol. The van der Waals surface area contributed by atoms with Crippen LogP contribution in [0.25, 0.3) is 0 Å². The molecule has 0 saturated carbocycles. The number of benzene rings is 1. The average Bonchev–Trinajstić information content (AvgIpc) is 2.27. The number of nitrogens with two attached hydrogens (primary N) is 1. The molecular weight excluding hydrogens is 204 g/mol. The van der Waals surface area contributed by atoms with Gasteiger partial charge in [0.1, 0.15) is 0 Å². The van der Waals surface area contributed by atoms with E-state index in [1.54, 1.807) is 24.3 Å². The summed E-state index contributed by atoms with van der Waals surface area (Å²) in [5.41, 5.74) is 5.87. The number of carbonyl (C=O) groups is 2. The maximum atomic E-state index is 11.4. The van der Waals surface area contributed by atoms with E-state index in [1.807, 2.05) is 0 Å². The Labute approximate surface area is 93.8 Å². The summed E-state index contributed by atoms with van der Waals surface area (Å²) in [5.74, 6) is 1.56. The molecule has 0 atom stereocenters. The lowest BCUT2D eigenvalue weighted by Crippen LogP contribution is -2.17. The van der Waals surface area contributed by atoms with Gasteiger partial charge in [0.15, 0.2) is 0 Å². The average molecular weight is 216 g/mol. The molecule has 0 bridgehead atoms. The molecule has 0 aromatic heterocycles. The minimum Gasteiger partial charge on any atom is -0.366 e. The van der Waals surface area contributed by atoms with Gasteiger partial charge in [-0.2, -0.15) is 0 Å². The van der Waals surface area contributed by atoms with Gasteiger partial charge in [0.2, 0.25) is 5.91 Å². The summed E-state index contributed by atoms with van der Waals surface area (Å²) in [7, 11) is 0. The van der Waals surface area contributed by atoms with Gasteiger partial charge < -0.3 is 11.1 Å². The van der Waals surface area contributed by atoms with Crippen LogP contribution >= 0.6 is 0 Å². The van der Waals surface area contributed by atoms with Crippen LogP contribution in [0.15, 0.2) is 24.3 Å². The molecule has 0 heterocycles. The van der Waals surface area contributed by atoms with Crippen molar-refractivity contribution in [3.63, 3.8) is 0 Å². The van der Waals surface area contributed by atoms with Gasteiger partial charge in [0, 0.05) is 12.8 Å². The molecule has 2 amide bonds. The maximum absolute atomic E-state index is 11.4. The number of hydrogen-bond donors (Lipinski definition) is 2. The summed E-state index contributed by atoms with van der Waals surface area (Å²) >= 11 is 0. The molecule has 16 heavy (non-hydrogen) atoms. The van der Waals surface area contributed by atoms with Gasteiger partial charge in [-0.1, -0.05) is 12.1 Å². The Morgan fingerprint density at radius 3 is 2.69 bits per heavy atom. The summed E-state index contributed by atoms with van der Waals surface area (Å²) in [4.78, 5) is 22.4. The number of terminal acetylenes is 1. The lowest BCUT2D eigenvalue weighted by molar-refractivity contribution is -0.116. The van der Waals surface area contributed by atoms with Crippen molar-refractivity contribution < 1.29 is 9.59 Å². The number of hydrogen-bond acceptors (Lipinski definition) is 2. The molecule has 0 radical (unpaired) electrons. The monoisotopic (exact) mass is 216 g/mol. The SMILES string of the molecule is C#CCCC(=O)Nc1ccccc1C(N)=O. The Kier molecular flexibility index (Phi) is 4.10. The zero-order valence-corrected chi connectivity index (χ0v) is 8.69. The van der Waals surface area contributed by atoms with Crippen LogP contribution < -0.4 is 11.1 Å². The fourth-order valence-corrected chi connectivity index (χ4v) is 1.21. The van der Waals surface area contributed by atoms with E-state index < -0.39 is 5.91 Å². The van der Waals surface area contributed by atoms with E-state index in [-0.39, 0.29) is 17.9 Å². The lowest BCUT2D eigenvalue weighted by Gasteiger charge is -2.07. The van der Waals surface area contributed by atoms with Crippen molar-refractivity contribution in [2.75, 3.05) is 5.32 Å². The normalized spacial score (nSPS) is 9.19. The number of primary amides is 1. The number of para-hydroxylation sites is 1. The van der Waals surface area contributed by atoms with Crippen molar-refractivity contribution in [3.8, 4) is 12.3 Å². The van der Waals surface area contributed by atoms with E-state index in [0.717, 1.165) is 0 Å². The Morgan fingerprint density at radius 2 is 2.06 bits per heavy atom. The zero-order chi connectivity index (χ0) is 12.0. The van der Waals surface area contributed by atoms with E-state index >= 15 is 0 Å². The lowest BCUT2D eigenvalue weighted by atomic mass is 10.1. The molecule has 0 unspecified atom stereocenters. The molecule has 4 heteroatoms. The maximum Gasteiger partial charge on any atom is 0.250 e. The van der Waals surface area contributed by atoms with Gasteiger partial charge in [-0.25, -0.2) is 0 Å². The molecule has 0 saturated heterocycles. The third-order valence-corrected chi connectivity index (χ3v) is 1.96. The molecule has 0 aliphatic heterocycles. The third-order valence-electron chi connectivity index (χ3n) is 1.96. The second kappa shape index (κ2) is 5.56. The minimum absolute atomic E-state index is 0.226. The number of carbonyl (C=O) groups excluding carboxylic acids is 2. The van der Waals surface area contributed by atoms with Gasteiger partial charge in [-0.3, -0.25) is 9.59 Å². The van der Waals surface area contributed by atoms with Crippen molar-refractivity contribution in [2.24, 2.45) is 5.73 Å². The number of amides is 2. The van der Waals surface area contributed by atoms with Crippen LogP contribution in [-0.2, 0) is 4.79 Å². The van der Waals surface area contributed by atoms with Crippen LogP contribution in [0.2, 0.25) is 0 Å². The molecule has 82 valence electrons. The van der Waals surface area contributed by atoms with E-state index in [9.17, 15) is 9.59 Å². The molecule has 3 N–H and O–H groups in total. The van der Waals surface area contributed by atoms with Gasteiger partial charge in [0.25, 0.3) is 5.91 Å². The minimum atomic E-state index is -0.576. The van der Waals surface area contributed by atoms with Crippen LogP contribution in [0.1, 0.15) is 23.2 Å². The Hall–Kier alpha value is -2.28. The Morgan fingerprint density at radius 1 is 1.38 bits per heavy atom.